The lowest BCUT2D eigenvalue weighted by Gasteiger charge is -2.26. The molecule has 0 fully saturated rings. The number of benzene rings is 7. The van der Waals surface area contributed by atoms with E-state index in [4.69, 9.17) is 9.47 Å². The van der Waals surface area contributed by atoms with Gasteiger partial charge < -0.3 is 19.7 Å². The quantitative estimate of drug-likeness (QED) is 0.121. The van der Waals surface area contributed by atoms with Crippen molar-refractivity contribution < 1.29 is 29.3 Å². The van der Waals surface area contributed by atoms with Crippen molar-refractivity contribution in [3.8, 4) is 34.5 Å². The fourth-order valence-electron chi connectivity index (χ4n) is 6.72. The van der Waals surface area contributed by atoms with Crippen molar-refractivity contribution >= 4 is 11.6 Å². The molecule has 0 aliphatic carbocycles. The minimum absolute atomic E-state index is 0.201. The summed E-state index contributed by atoms with van der Waals surface area (Å²) >= 11 is 0. The summed E-state index contributed by atoms with van der Waals surface area (Å²) in [5.41, 5.74) is 5.64. The molecule has 278 valence electrons. The van der Waals surface area contributed by atoms with E-state index in [-0.39, 0.29) is 33.9 Å². The second-order valence-corrected chi connectivity index (χ2v) is 14.9. The summed E-state index contributed by atoms with van der Waals surface area (Å²) < 4.78 is 12.2. The van der Waals surface area contributed by atoms with Gasteiger partial charge in [0, 0.05) is 33.1 Å². The maximum atomic E-state index is 13.5. The molecule has 6 nitrogen and oxygen atoms in total. The van der Waals surface area contributed by atoms with E-state index in [0.29, 0.717) is 45.3 Å². The molecule has 0 aliphatic rings. The number of aromatic hydroxyl groups is 2. The standard InChI is InChI=1S/C50H42O6/c1-49(2,37-12-20-41(51)21-13-37)39-16-28-45(29-17-39)55-43-24-8-33(9-25-43)47(53)35-6-5-7-36(32-35)48(54)34-10-26-44(27-11-34)56-46-30-18-40(19-31-46)50(3,4)38-14-22-42(52)23-15-38/h5-32,51-52H,1-4H3. The van der Waals surface area contributed by atoms with Crippen molar-refractivity contribution in [3.05, 3.63) is 214 Å². The maximum Gasteiger partial charge on any atom is 0.193 e. The van der Waals surface area contributed by atoms with Gasteiger partial charge in [-0.1, -0.05) is 94.4 Å². The summed E-state index contributed by atoms with van der Waals surface area (Å²) in [6.07, 6.45) is 0. The Labute approximate surface area is 327 Å². The van der Waals surface area contributed by atoms with Crippen molar-refractivity contribution in [2.24, 2.45) is 0 Å². The molecule has 0 spiro atoms. The average molecular weight is 739 g/mol. The van der Waals surface area contributed by atoms with Crippen LogP contribution in [0.4, 0.5) is 0 Å². The lowest BCUT2D eigenvalue weighted by Crippen LogP contribution is -2.18. The van der Waals surface area contributed by atoms with Gasteiger partial charge in [0.1, 0.15) is 34.5 Å². The highest BCUT2D eigenvalue weighted by Gasteiger charge is 2.24. The van der Waals surface area contributed by atoms with Crippen molar-refractivity contribution in [2.75, 3.05) is 0 Å². The number of ether oxygens (including phenoxy) is 2. The number of ketones is 2. The SMILES string of the molecule is CC(C)(c1ccc(O)cc1)c1ccc(Oc2ccc(C(=O)c3cccc(C(=O)c4ccc(Oc5ccc(C(C)(C)c6ccc(O)cc6)cc5)cc4)c3)cc2)cc1. The normalized spacial score (nSPS) is 11.5. The van der Waals surface area contributed by atoms with E-state index < -0.39 is 0 Å². The monoisotopic (exact) mass is 738 g/mol. The number of phenolic OH excluding ortho intramolecular Hbond substituents is 2. The minimum Gasteiger partial charge on any atom is -0.508 e. The van der Waals surface area contributed by atoms with Crippen LogP contribution in [0.25, 0.3) is 0 Å². The molecule has 2 N–H and O–H groups in total. The smallest absolute Gasteiger partial charge is 0.193 e. The fourth-order valence-corrected chi connectivity index (χ4v) is 6.72. The van der Waals surface area contributed by atoms with Crippen LogP contribution >= 0.6 is 0 Å². The molecule has 7 aromatic carbocycles. The fraction of sp³-hybridized carbons (Fsp3) is 0.120. The Balaban J connectivity index is 0.963. The van der Waals surface area contributed by atoms with Crippen LogP contribution in [0.5, 0.6) is 34.5 Å². The highest BCUT2D eigenvalue weighted by molar-refractivity contribution is 6.13. The molecule has 0 heterocycles. The third kappa shape index (κ3) is 8.10. The molecule has 0 saturated heterocycles. The van der Waals surface area contributed by atoms with Gasteiger partial charge in [-0.25, -0.2) is 0 Å². The molecule has 56 heavy (non-hydrogen) atoms. The van der Waals surface area contributed by atoms with Gasteiger partial charge in [-0.15, -0.1) is 0 Å². The molecule has 0 aliphatic heterocycles. The number of carbonyl (C=O) groups excluding carboxylic acids is 2. The molecule has 0 radical (unpaired) electrons. The molecule has 0 aromatic heterocycles. The molecule has 0 bridgehead atoms. The third-order valence-electron chi connectivity index (χ3n) is 10.4. The van der Waals surface area contributed by atoms with Crippen LogP contribution in [-0.4, -0.2) is 21.8 Å². The minimum atomic E-state index is -0.264. The number of rotatable bonds is 12. The first-order chi connectivity index (χ1) is 26.9. The Bertz CT molecular complexity index is 2290. The lowest BCUT2D eigenvalue weighted by molar-refractivity contribution is 0.103. The van der Waals surface area contributed by atoms with Gasteiger partial charge in [0.2, 0.25) is 0 Å². The zero-order chi connectivity index (χ0) is 39.5. The van der Waals surface area contributed by atoms with Crippen LogP contribution in [0.1, 0.15) is 81.8 Å². The van der Waals surface area contributed by atoms with E-state index in [1.165, 1.54) is 0 Å². The summed E-state index contributed by atoms with van der Waals surface area (Å²) in [5.74, 6) is 2.60. The lowest BCUT2D eigenvalue weighted by atomic mass is 9.78. The Kier molecular flexibility index (Phi) is 10.3. The molecule has 0 unspecified atom stereocenters. The van der Waals surface area contributed by atoms with Gasteiger partial charge in [-0.05, 0) is 125 Å². The summed E-state index contributed by atoms with van der Waals surface area (Å²) in [5, 5.41) is 19.3. The van der Waals surface area contributed by atoms with Gasteiger partial charge in [-0.2, -0.15) is 0 Å². The van der Waals surface area contributed by atoms with Gasteiger partial charge in [0.15, 0.2) is 11.6 Å². The second-order valence-electron chi connectivity index (χ2n) is 14.9. The largest absolute Gasteiger partial charge is 0.508 e. The van der Waals surface area contributed by atoms with Crippen molar-refractivity contribution in [2.45, 2.75) is 38.5 Å². The predicted octanol–water partition coefficient (Wildman–Crippen LogP) is 11.8. The second kappa shape index (κ2) is 15.4. The summed E-state index contributed by atoms with van der Waals surface area (Å²) in [7, 11) is 0. The summed E-state index contributed by atoms with van der Waals surface area (Å²) in [6, 6.07) is 50.9. The van der Waals surface area contributed by atoms with Crippen LogP contribution in [0, 0.1) is 0 Å². The highest BCUT2D eigenvalue weighted by atomic mass is 16.5. The van der Waals surface area contributed by atoms with E-state index in [1.54, 1.807) is 97.1 Å². The first-order valence-electron chi connectivity index (χ1n) is 18.4. The van der Waals surface area contributed by atoms with E-state index >= 15 is 0 Å². The van der Waals surface area contributed by atoms with E-state index in [1.807, 2.05) is 72.8 Å². The van der Waals surface area contributed by atoms with Crippen LogP contribution in [0.3, 0.4) is 0 Å². The van der Waals surface area contributed by atoms with Crippen LogP contribution in [0.2, 0.25) is 0 Å². The number of hydrogen-bond donors (Lipinski definition) is 2. The van der Waals surface area contributed by atoms with Crippen molar-refractivity contribution in [3.63, 3.8) is 0 Å². The molecular formula is C50H42O6. The van der Waals surface area contributed by atoms with Gasteiger partial charge in [-0.3, -0.25) is 9.59 Å². The van der Waals surface area contributed by atoms with Crippen molar-refractivity contribution in [1.82, 2.24) is 0 Å². The van der Waals surface area contributed by atoms with Gasteiger partial charge in [0.25, 0.3) is 0 Å². The number of carbonyl (C=O) groups is 2. The molecule has 0 amide bonds. The van der Waals surface area contributed by atoms with Gasteiger partial charge in [0.05, 0.1) is 0 Å². The molecule has 7 aromatic rings. The summed E-state index contributed by atoms with van der Waals surface area (Å²) in [6.45, 7) is 8.53. The average Bonchev–Trinajstić information content (AvgIpc) is 3.22. The summed E-state index contributed by atoms with van der Waals surface area (Å²) in [4.78, 5) is 27.0. The first-order valence-corrected chi connectivity index (χ1v) is 18.4. The zero-order valence-electron chi connectivity index (χ0n) is 31.7. The highest BCUT2D eigenvalue weighted by Crippen LogP contribution is 2.36. The van der Waals surface area contributed by atoms with Crippen LogP contribution in [0.15, 0.2) is 170 Å². The Hall–Kier alpha value is -6.92. The topological polar surface area (TPSA) is 93.1 Å². The molecule has 6 heteroatoms. The number of hydrogen-bond acceptors (Lipinski definition) is 6. The Morgan fingerprint density at radius 3 is 0.946 bits per heavy atom. The van der Waals surface area contributed by atoms with E-state index in [2.05, 4.69) is 27.7 Å². The van der Waals surface area contributed by atoms with Crippen LogP contribution < -0.4 is 9.47 Å². The maximum absolute atomic E-state index is 13.5. The Morgan fingerprint density at radius 1 is 0.375 bits per heavy atom. The van der Waals surface area contributed by atoms with E-state index in [0.717, 1.165) is 22.3 Å². The Morgan fingerprint density at radius 2 is 0.643 bits per heavy atom. The predicted molar refractivity (Wildman–Crippen MR) is 220 cm³/mol. The zero-order valence-corrected chi connectivity index (χ0v) is 31.7. The molecule has 0 atom stereocenters. The first kappa shape index (κ1) is 37.4. The number of phenols is 2. The molecular weight excluding hydrogens is 697 g/mol. The van der Waals surface area contributed by atoms with Crippen LogP contribution in [-0.2, 0) is 10.8 Å². The molecule has 7 rings (SSSR count). The van der Waals surface area contributed by atoms with E-state index in [9.17, 15) is 19.8 Å². The van der Waals surface area contributed by atoms with Crippen molar-refractivity contribution in [1.29, 1.82) is 0 Å². The molecule has 0 saturated carbocycles. The van der Waals surface area contributed by atoms with Gasteiger partial charge >= 0.3 is 0 Å². The third-order valence-corrected chi connectivity index (χ3v) is 10.4.